The number of hydrogen-bond acceptors (Lipinski definition) is 2. The van der Waals surface area contributed by atoms with Crippen LogP contribution in [0.1, 0.15) is 271 Å². The zero-order valence-corrected chi connectivity index (χ0v) is 35.9. The zero-order chi connectivity index (χ0) is 35.4. The molecule has 49 heavy (non-hydrogen) atoms. The van der Waals surface area contributed by atoms with Crippen LogP contribution >= 0.6 is 0 Å². The standard InChI is InChI=1S/2C22H44O2.Ca/c2*1-2-3-4-5-6-7-8-9-10-11-12-13-14-15-16-17-18-19-20-21-22(23)24;/h2*2-21H2,1H3,(H,23,24);. The molecule has 0 saturated carbocycles. The molecular formula is C44H88CaO4. The van der Waals surface area contributed by atoms with Crippen molar-refractivity contribution in [1.29, 1.82) is 0 Å². The Balaban J connectivity index is -0.000000846. The Hall–Kier alpha value is 0.200. The van der Waals surface area contributed by atoms with E-state index in [2.05, 4.69) is 13.8 Å². The number of rotatable bonds is 40. The van der Waals surface area contributed by atoms with E-state index in [4.69, 9.17) is 10.2 Å². The van der Waals surface area contributed by atoms with Gasteiger partial charge in [-0.15, -0.1) is 0 Å². The van der Waals surface area contributed by atoms with E-state index in [-0.39, 0.29) is 37.7 Å². The summed E-state index contributed by atoms with van der Waals surface area (Å²) in [6, 6.07) is 0. The number of carboxylic acids is 2. The molecule has 290 valence electrons. The minimum absolute atomic E-state index is 0. The van der Waals surface area contributed by atoms with Gasteiger partial charge in [0.15, 0.2) is 0 Å². The van der Waals surface area contributed by atoms with Gasteiger partial charge < -0.3 is 10.2 Å². The number of carbonyl (C=O) groups is 2. The van der Waals surface area contributed by atoms with Crippen molar-refractivity contribution in [3.05, 3.63) is 0 Å². The maximum atomic E-state index is 10.4. The largest absolute Gasteiger partial charge is 0.481 e. The monoisotopic (exact) mass is 721 g/mol. The second-order valence-corrected chi connectivity index (χ2v) is 15.0. The number of aliphatic carboxylic acids is 2. The molecule has 0 heterocycles. The van der Waals surface area contributed by atoms with Gasteiger partial charge in [0.25, 0.3) is 0 Å². The summed E-state index contributed by atoms with van der Waals surface area (Å²) in [5, 5.41) is 17.1. The third-order valence-electron chi connectivity index (χ3n) is 9.99. The third kappa shape index (κ3) is 57.8. The minimum Gasteiger partial charge on any atom is -0.481 e. The maximum Gasteiger partial charge on any atom is 0.303 e. The van der Waals surface area contributed by atoms with Crippen LogP contribution < -0.4 is 0 Å². The van der Waals surface area contributed by atoms with Gasteiger partial charge in [-0.1, -0.05) is 245 Å². The molecule has 0 fully saturated rings. The molecule has 0 atom stereocenters. The van der Waals surface area contributed by atoms with Crippen molar-refractivity contribution in [2.75, 3.05) is 0 Å². The van der Waals surface area contributed by atoms with Gasteiger partial charge in [0, 0.05) is 50.6 Å². The summed E-state index contributed by atoms with van der Waals surface area (Å²) < 4.78 is 0. The van der Waals surface area contributed by atoms with Crippen LogP contribution in [0, 0.1) is 0 Å². The molecule has 0 rings (SSSR count). The van der Waals surface area contributed by atoms with Gasteiger partial charge in [0.2, 0.25) is 0 Å². The number of carboxylic acid groups (broad SMARTS) is 2. The average Bonchev–Trinajstić information content (AvgIpc) is 3.07. The van der Waals surface area contributed by atoms with Gasteiger partial charge >= 0.3 is 11.9 Å². The van der Waals surface area contributed by atoms with E-state index in [9.17, 15) is 9.59 Å². The Morgan fingerprint density at radius 2 is 0.388 bits per heavy atom. The van der Waals surface area contributed by atoms with Crippen molar-refractivity contribution >= 4 is 49.7 Å². The molecule has 0 unspecified atom stereocenters. The molecule has 2 radical (unpaired) electrons. The van der Waals surface area contributed by atoms with Crippen LogP contribution in [0.2, 0.25) is 0 Å². The SMILES string of the molecule is CCCCCCCCCCCCCCCCCCCCCC(=O)O.CCCCCCCCCCCCCCCCCCCCCC(=O)O.[Ca]. The quantitative estimate of drug-likeness (QED) is 0.0488. The molecule has 0 bridgehead atoms. The molecular weight excluding hydrogens is 633 g/mol. The van der Waals surface area contributed by atoms with Crippen molar-refractivity contribution in [3.8, 4) is 0 Å². The van der Waals surface area contributed by atoms with Gasteiger partial charge in [-0.3, -0.25) is 9.59 Å². The predicted molar refractivity (Wildman–Crippen MR) is 217 cm³/mol. The zero-order valence-electron chi connectivity index (χ0n) is 33.7. The smallest absolute Gasteiger partial charge is 0.303 e. The van der Waals surface area contributed by atoms with Crippen LogP contribution in [-0.2, 0) is 9.59 Å². The summed E-state index contributed by atoms with van der Waals surface area (Å²) in [5.74, 6) is -1.30. The van der Waals surface area contributed by atoms with E-state index in [1.54, 1.807) is 0 Å². The van der Waals surface area contributed by atoms with E-state index in [1.807, 2.05) is 0 Å². The second-order valence-electron chi connectivity index (χ2n) is 15.0. The normalized spacial score (nSPS) is 10.8. The molecule has 0 aromatic heterocycles. The van der Waals surface area contributed by atoms with E-state index in [1.165, 1.54) is 218 Å². The van der Waals surface area contributed by atoms with Crippen molar-refractivity contribution in [2.45, 2.75) is 271 Å². The summed E-state index contributed by atoms with van der Waals surface area (Å²) in [4.78, 5) is 20.8. The van der Waals surface area contributed by atoms with Crippen LogP contribution in [0.4, 0.5) is 0 Å². The summed E-state index contributed by atoms with van der Waals surface area (Å²) >= 11 is 0. The van der Waals surface area contributed by atoms with E-state index in [0.717, 1.165) is 25.7 Å². The summed E-state index contributed by atoms with van der Waals surface area (Å²) in [5.41, 5.74) is 0. The topological polar surface area (TPSA) is 74.6 Å². The van der Waals surface area contributed by atoms with Gasteiger partial charge in [-0.25, -0.2) is 0 Å². The van der Waals surface area contributed by atoms with Gasteiger partial charge in [-0.2, -0.15) is 0 Å². The summed E-state index contributed by atoms with van der Waals surface area (Å²) in [7, 11) is 0. The molecule has 0 aliphatic rings. The Bertz CT molecular complexity index is 560. The summed E-state index contributed by atoms with van der Waals surface area (Å²) in [6.07, 6.45) is 52.2. The van der Waals surface area contributed by atoms with Crippen molar-refractivity contribution in [2.24, 2.45) is 0 Å². The summed E-state index contributed by atoms with van der Waals surface area (Å²) in [6.45, 7) is 4.57. The van der Waals surface area contributed by atoms with E-state index < -0.39 is 11.9 Å². The van der Waals surface area contributed by atoms with Crippen molar-refractivity contribution < 1.29 is 19.8 Å². The minimum atomic E-state index is -0.651. The third-order valence-corrected chi connectivity index (χ3v) is 9.99. The molecule has 5 heteroatoms. The number of unbranched alkanes of at least 4 members (excludes halogenated alkanes) is 36. The van der Waals surface area contributed by atoms with E-state index in [0.29, 0.717) is 12.8 Å². The molecule has 4 nitrogen and oxygen atoms in total. The average molecular weight is 721 g/mol. The fraction of sp³-hybridized carbons (Fsp3) is 0.955. The van der Waals surface area contributed by atoms with Crippen LogP contribution in [0.15, 0.2) is 0 Å². The molecule has 0 saturated heterocycles. The molecule has 0 spiro atoms. The van der Waals surface area contributed by atoms with Crippen LogP contribution in [-0.4, -0.2) is 59.9 Å². The van der Waals surface area contributed by atoms with Gasteiger partial charge in [0.05, 0.1) is 0 Å². The Morgan fingerprint density at radius 1 is 0.265 bits per heavy atom. The Kier molecular flexibility index (Phi) is 55.0. The van der Waals surface area contributed by atoms with Gasteiger partial charge in [0.1, 0.15) is 0 Å². The molecule has 0 aromatic rings. The molecule has 0 aliphatic heterocycles. The first-order valence-electron chi connectivity index (χ1n) is 22.0. The fourth-order valence-electron chi connectivity index (χ4n) is 6.71. The van der Waals surface area contributed by atoms with Crippen LogP contribution in [0.3, 0.4) is 0 Å². The molecule has 2 N–H and O–H groups in total. The molecule has 0 amide bonds. The van der Waals surface area contributed by atoms with E-state index >= 15 is 0 Å². The van der Waals surface area contributed by atoms with Crippen LogP contribution in [0.25, 0.3) is 0 Å². The fourth-order valence-corrected chi connectivity index (χ4v) is 6.71. The first-order valence-corrected chi connectivity index (χ1v) is 22.0. The second kappa shape index (κ2) is 50.3. The van der Waals surface area contributed by atoms with Crippen LogP contribution in [0.5, 0.6) is 0 Å². The number of hydrogen-bond donors (Lipinski definition) is 2. The van der Waals surface area contributed by atoms with Crippen molar-refractivity contribution in [1.82, 2.24) is 0 Å². The predicted octanol–water partition coefficient (Wildman–Crippen LogP) is 15.4. The first-order chi connectivity index (χ1) is 23.5. The van der Waals surface area contributed by atoms with Crippen molar-refractivity contribution in [3.63, 3.8) is 0 Å². The molecule has 0 aromatic carbocycles. The Labute approximate surface area is 337 Å². The molecule has 0 aliphatic carbocycles. The van der Waals surface area contributed by atoms with Gasteiger partial charge in [-0.05, 0) is 12.8 Å². The first kappa shape index (κ1) is 53.6. The Morgan fingerprint density at radius 3 is 0.510 bits per heavy atom. The maximum absolute atomic E-state index is 10.4.